The summed E-state index contributed by atoms with van der Waals surface area (Å²) in [5.41, 5.74) is 5.79. The zero-order valence-corrected chi connectivity index (χ0v) is 12.5. The predicted molar refractivity (Wildman–Crippen MR) is 77.8 cm³/mol. The highest BCUT2D eigenvalue weighted by Crippen LogP contribution is 2.25. The Morgan fingerprint density at radius 2 is 2.16 bits per heavy atom. The highest BCUT2D eigenvalue weighted by atomic mass is 16.2. The van der Waals surface area contributed by atoms with Gasteiger partial charge in [0.2, 0.25) is 5.91 Å². The summed E-state index contributed by atoms with van der Waals surface area (Å²) in [6.07, 6.45) is 5.83. The number of amides is 1. The molecule has 0 radical (unpaired) electrons. The number of piperazine rings is 1. The van der Waals surface area contributed by atoms with Gasteiger partial charge in [-0.05, 0) is 32.7 Å². The van der Waals surface area contributed by atoms with Gasteiger partial charge in [0, 0.05) is 31.7 Å². The summed E-state index contributed by atoms with van der Waals surface area (Å²) in [5.74, 6) is 0.324. The zero-order valence-electron chi connectivity index (χ0n) is 12.5. The van der Waals surface area contributed by atoms with Crippen molar-refractivity contribution < 1.29 is 4.79 Å². The second-order valence-electron chi connectivity index (χ2n) is 6.21. The van der Waals surface area contributed by atoms with Crippen LogP contribution in [0.25, 0.3) is 0 Å². The fourth-order valence-electron chi connectivity index (χ4n) is 3.58. The maximum Gasteiger partial charge on any atom is 0.227 e. The third kappa shape index (κ3) is 3.29. The number of hydrogen-bond donors (Lipinski definition) is 1. The Morgan fingerprint density at radius 3 is 2.84 bits per heavy atom. The summed E-state index contributed by atoms with van der Waals surface area (Å²) in [6, 6.07) is 0.932. The molecule has 2 heterocycles. The molecule has 2 aliphatic heterocycles. The van der Waals surface area contributed by atoms with Gasteiger partial charge in [-0.1, -0.05) is 19.8 Å². The summed E-state index contributed by atoms with van der Waals surface area (Å²) in [7, 11) is 0. The van der Waals surface area contributed by atoms with E-state index in [1.165, 1.54) is 25.8 Å². The monoisotopic (exact) mass is 267 g/mol. The normalized spacial score (nSPS) is 29.9. The molecule has 2 aliphatic rings. The van der Waals surface area contributed by atoms with Crippen LogP contribution >= 0.6 is 0 Å². The molecule has 4 heteroatoms. The van der Waals surface area contributed by atoms with E-state index in [0.29, 0.717) is 24.5 Å². The lowest BCUT2D eigenvalue weighted by Crippen LogP contribution is -2.61. The Hall–Kier alpha value is -0.610. The van der Waals surface area contributed by atoms with Crippen molar-refractivity contribution in [2.24, 2.45) is 11.7 Å². The van der Waals surface area contributed by atoms with Crippen LogP contribution in [0.3, 0.4) is 0 Å². The smallest absolute Gasteiger partial charge is 0.227 e. The summed E-state index contributed by atoms with van der Waals surface area (Å²) in [4.78, 5) is 17.3. The van der Waals surface area contributed by atoms with Gasteiger partial charge in [-0.3, -0.25) is 9.69 Å². The Balaban J connectivity index is 2.00. The van der Waals surface area contributed by atoms with Crippen LogP contribution in [0.1, 0.15) is 46.0 Å². The van der Waals surface area contributed by atoms with E-state index in [1.54, 1.807) is 0 Å². The molecular weight excluding hydrogens is 238 g/mol. The molecule has 2 fully saturated rings. The van der Waals surface area contributed by atoms with Gasteiger partial charge in [0.1, 0.15) is 0 Å². The van der Waals surface area contributed by atoms with Crippen LogP contribution in [0.15, 0.2) is 0 Å². The molecule has 0 spiro atoms. The number of piperidine rings is 1. The molecule has 2 rings (SSSR count). The van der Waals surface area contributed by atoms with Crippen molar-refractivity contribution in [2.75, 3.05) is 26.2 Å². The Morgan fingerprint density at radius 1 is 1.37 bits per heavy atom. The Kier molecular flexibility index (Phi) is 5.22. The topological polar surface area (TPSA) is 49.6 Å². The fourth-order valence-corrected chi connectivity index (χ4v) is 3.58. The first kappa shape index (κ1) is 14.8. The number of carbonyl (C=O) groups excluding carboxylic acids is 1. The first-order valence-corrected chi connectivity index (χ1v) is 7.92. The van der Waals surface area contributed by atoms with Gasteiger partial charge in [-0.25, -0.2) is 0 Å². The van der Waals surface area contributed by atoms with Gasteiger partial charge < -0.3 is 10.6 Å². The SMILES string of the molecule is CCCC(CN)C(=O)N1CC2CCCCN2CC1C. The molecule has 3 atom stereocenters. The quantitative estimate of drug-likeness (QED) is 0.838. The van der Waals surface area contributed by atoms with E-state index in [9.17, 15) is 4.79 Å². The average Bonchev–Trinajstić information content (AvgIpc) is 2.43. The number of fused-ring (bicyclic) bond motifs is 1. The van der Waals surface area contributed by atoms with Crippen LogP contribution in [-0.4, -0.2) is 54.0 Å². The van der Waals surface area contributed by atoms with E-state index in [2.05, 4.69) is 23.6 Å². The molecule has 19 heavy (non-hydrogen) atoms. The first-order chi connectivity index (χ1) is 9.17. The van der Waals surface area contributed by atoms with Crippen molar-refractivity contribution in [1.29, 1.82) is 0 Å². The van der Waals surface area contributed by atoms with Crippen molar-refractivity contribution in [3.05, 3.63) is 0 Å². The summed E-state index contributed by atoms with van der Waals surface area (Å²) in [6.45, 7) is 7.97. The number of nitrogens with zero attached hydrogens (tertiary/aromatic N) is 2. The molecule has 0 aliphatic carbocycles. The van der Waals surface area contributed by atoms with Crippen LogP contribution in [0.5, 0.6) is 0 Å². The van der Waals surface area contributed by atoms with Crippen LogP contribution in [0.2, 0.25) is 0 Å². The highest BCUT2D eigenvalue weighted by molar-refractivity contribution is 5.79. The summed E-state index contributed by atoms with van der Waals surface area (Å²) >= 11 is 0. The molecule has 3 unspecified atom stereocenters. The highest BCUT2D eigenvalue weighted by Gasteiger charge is 2.36. The number of nitrogens with two attached hydrogens (primary N) is 1. The van der Waals surface area contributed by atoms with Gasteiger partial charge in [0.15, 0.2) is 0 Å². The van der Waals surface area contributed by atoms with Crippen LogP contribution in [-0.2, 0) is 4.79 Å². The van der Waals surface area contributed by atoms with Crippen molar-refractivity contribution in [3.8, 4) is 0 Å². The van der Waals surface area contributed by atoms with Gasteiger partial charge in [0.05, 0.1) is 5.92 Å². The average molecular weight is 267 g/mol. The molecule has 4 nitrogen and oxygen atoms in total. The number of rotatable bonds is 4. The van der Waals surface area contributed by atoms with E-state index in [1.807, 2.05) is 0 Å². The first-order valence-electron chi connectivity index (χ1n) is 7.92. The van der Waals surface area contributed by atoms with Crippen LogP contribution in [0.4, 0.5) is 0 Å². The summed E-state index contributed by atoms with van der Waals surface area (Å²) in [5, 5.41) is 0. The van der Waals surface area contributed by atoms with E-state index >= 15 is 0 Å². The molecule has 110 valence electrons. The van der Waals surface area contributed by atoms with Crippen LogP contribution < -0.4 is 5.73 Å². The van der Waals surface area contributed by atoms with Crippen molar-refractivity contribution in [1.82, 2.24) is 9.80 Å². The third-order valence-corrected chi connectivity index (χ3v) is 4.74. The molecule has 0 bridgehead atoms. The van der Waals surface area contributed by atoms with Crippen LogP contribution in [0, 0.1) is 5.92 Å². The molecule has 0 aromatic rings. The molecule has 2 saturated heterocycles. The van der Waals surface area contributed by atoms with Crippen molar-refractivity contribution >= 4 is 5.91 Å². The number of hydrogen-bond acceptors (Lipinski definition) is 3. The van der Waals surface area contributed by atoms with E-state index in [-0.39, 0.29) is 5.92 Å². The minimum absolute atomic E-state index is 0.0302. The molecular formula is C15H29N3O. The van der Waals surface area contributed by atoms with Crippen molar-refractivity contribution in [3.63, 3.8) is 0 Å². The van der Waals surface area contributed by atoms with Gasteiger partial charge in [0.25, 0.3) is 0 Å². The Labute approximate surface area is 117 Å². The Bertz CT molecular complexity index is 308. The fraction of sp³-hybridized carbons (Fsp3) is 0.933. The molecule has 1 amide bonds. The van der Waals surface area contributed by atoms with Gasteiger partial charge in [-0.15, -0.1) is 0 Å². The lowest BCUT2D eigenvalue weighted by molar-refractivity contribution is -0.142. The zero-order chi connectivity index (χ0) is 13.8. The van der Waals surface area contributed by atoms with E-state index in [4.69, 9.17) is 5.73 Å². The van der Waals surface area contributed by atoms with Crippen molar-refractivity contribution in [2.45, 2.75) is 58.0 Å². The lowest BCUT2D eigenvalue weighted by atomic mass is 9.94. The van der Waals surface area contributed by atoms with E-state index in [0.717, 1.165) is 25.9 Å². The number of carbonyl (C=O) groups is 1. The van der Waals surface area contributed by atoms with Gasteiger partial charge in [-0.2, -0.15) is 0 Å². The minimum Gasteiger partial charge on any atom is -0.337 e. The minimum atomic E-state index is 0.0302. The lowest BCUT2D eigenvalue weighted by Gasteiger charge is -2.48. The summed E-state index contributed by atoms with van der Waals surface area (Å²) < 4.78 is 0. The standard InChI is InChI=1S/C15H29N3O/c1-3-6-13(9-16)15(19)18-11-14-7-4-5-8-17(14)10-12(18)2/h12-14H,3-11,16H2,1-2H3. The van der Waals surface area contributed by atoms with Gasteiger partial charge >= 0.3 is 0 Å². The molecule has 2 N–H and O–H groups in total. The molecule has 0 aromatic carbocycles. The largest absolute Gasteiger partial charge is 0.337 e. The molecule has 0 saturated carbocycles. The second-order valence-corrected chi connectivity index (χ2v) is 6.21. The maximum atomic E-state index is 12.6. The molecule has 0 aromatic heterocycles. The predicted octanol–water partition coefficient (Wildman–Crippen LogP) is 1.45. The third-order valence-electron chi connectivity index (χ3n) is 4.74. The second kappa shape index (κ2) is 6.71. The van der Waals surface area contributed by atoms with E-state index < -0.39 is 0 Å². The maximum absolute atomic E-state index is 12.6.